The minimum absolute atomic E-state index is 0.0695. The molecule has 3 atom stereocenters. The van der Waals surface area contributed by atoms with Gasteiger partial charge in [0.15, 0.2) is 0 Å². The summed E-state index contributed by atoms with van der Waals surface area (Å²) in [6.45, 7) is 9.46. The van der Waals surface area contributed by atoms with Gasteiger partial charge in [0.2, 0.25) is 0 Å². The van der Waals surface area contributed by atoms with Gasteiger partial charge in [-0.15, -0.1) is 0 Å². The molecule has 21 heavy (non-hydrogen) atoms. The molecule has 1 N–H and O–H groups in total. The van der Waals surface area contributed by atoms with Crippen LogP contribution in [0.15, 0.2) is 0 Å². The Balaban J connectivity index is 1.76. The van der Waals surface area contributed by atoms with Gasteiger partial charge in [0.05, 0.1) is 6.10 Å². The Hall–Kier alpha value is -0.120. The molecular formula is C18H36N2O. The lowest BCUT2D eigenvalue weighted by Gasteiger charge is -2.38. The normalized spacial score (nSPS) is 33.0. The van der Waals surface area contributed by atoms with E-state index in [-0.39, 0.29) is 6.10 Å². The van der Waals surface area contributed by atoms with E-state index in [0.717, 1.165) is 30.7 Å². The number of aliphatic hydroxyl groups excluding tert-OH is 1. The molecule has 1 saturated heterocycles. The molecule has 1 aliphatic carbocycles. The molecule has 3 nitrogen and oxygen atoms in total. The number of hydrogen-bond acceptors (Lipinski definition) is 3. The van der Waals surface area contributed by atoms with Gasteiger partial charge >= 0.3 is 0 Å². The number of piperidine rings is 1. The first-order valence-corrected chi connectivity index (χ1v) is 9.00. The Kier molecular flexibility index (Phi) is 6.51. The number of rotatable bonds is 5. The summed E-state index contributed by atoms with van der Waals surface area (Å²) < 4.78 is 0. The van der Waals surface area contributed by atoms with Crippen molar-refractivity contribution in [2.75, 3.05) is 40.3 Å². The van der Waals surface area contributed by atoms with E-state index in [1.165, 1.54) is 45.3 Å². The number of likely N-dealkylation sites (tertiary alicyclic amines) is 1. The fourth-order valence-electron chi connectivity index (χ4n) is 4.25. The van der Waals surface area contributed by atoms with Gasteiger partial charge in [-0.2, -0.15) is 0 Å². The van der Waals surface area contributed by atoms with Crippen LogP contribution < -0.4 is 0 Å². The van der Waals surface area contributed by atoms with Gasteiger partial charge in [0.25, 0.3) is 0 Å². The van der Waals surface area contributed by atoms with E-state index >= 15 is 0 Å². The van der Waals surface area contributed by atoms with Gasteiger partial charge in [-0.3, -0.25) is 0 Å². The molecule has 2 fully saturated rings. The van der Waals surface area contributed by atoms with Crippen molar-refractivity contribution < 1.29 is 5.11 Å². The average Bonchev–Trinajstić information content (AvgIpc) is 2.43. The van der Waals surface area contributed by atoms with Crippen LogP contribution in [0.1, 0.15) is 46.0 Å². The summed E-state index contributed by atoms with van der Waals surface area (Å²) in [4.78, 5) is 4.93. The predicted molar refractivity (Wildman–Crippen MR) is 89.4 cm³/mol. The highest BCUT2D eigenvalue weighted by Gasteiger charge is 2.31. The van der Waals surface area contributed by atoms with Crippen LogP contribution in [0.2, 0.25) is 0 Å². The predicted octanol–water partition coefficient (Wildman–Crippen LogP) is 2.69. The third kappa shape index (κ3) is 5.22. The zero-order valence-corrected chi connectivity index (χ0v) is 14.6. The van der Waals surface area contributed by atoms with Crippen molar-refractivity contribution >= 4 is 0 Å². The van der Waals surface area contributed by atoms with Crippen molar-refractivity contribution in [2.24, 2.45) is 23.7 Å². The zero-order chi connectivity index (χ0) is 15.4. The summed E-state index contributed by atoms with van der Waals surface area (Å²) in [7, 11) is 4.48. The van der Waals surface area contributed by atoms with Crippen molar-refractivity contribution in [2.45, 2.75) is 52.1 Å². The first-order valence-electron chi connectivity index (χ1n) is 9.00. The molecular weight excluding hydrogens is 260 g/mol. The Labute approximate surface area is 131 Å². The van der Waals surface area contributed by atoms with Crippen molar-refractivity contribution in [1.82, 2.24) is 9.80 Å². The molecule has 0 amide bonds. The first kappa shape index (κ1) is 17.2. The molecule has 2 aliphatic rings. The van der Waals surface area contributed by atoms with Crippen LogP contribution >= 0.6 is 0 Å². The van der Waals surface area contributed by atoms with E-state index in [4.69, 9.17) is 0 Å². The van der Waals surface area contributed by atoms with Crippen molar-refractivity contribution in [3.63, 3.8) is 0 Å². The number of nitrogens with zero attached hydrogens (tertiary/aromatic N) is 2. The third-order valence-corrected chi connectivity index (χ3v) is 5.88. The molecule has 3 unspecified atom stereocenters. The monoisotopic (exact) mass is 296 g/mol. The van der Waals surface area contributed by atoms with Crippen LogP contribution in [0.25, 0.3) is 0 Å². The number of hydrogen-bond donors (Lipinski definition) is 1. The highest BCUT2D eigenvalue weighted by Crippen LogP contribution is 2.34. The Morgan fingerprint density at radius 3 is 2.38 bits per heavy atom. The number of aliphatic hydroxyl groups is 1. The fourth-order valence-corrected chi connectivity index (χ4v) is 4.25. The van der Waals surface area contributed by atoms with Crippen LogP contribution in [0.5, 0.6) is 0 Å². The molecule has 1 aliphatic heterocycles. The van der Waals surface area contributed by atoms with Gasteiger partial charge < -0.3 is 14.9 Å². The third-order valence-electron chi connectivity index (χ3n) is 5.88. The highest BCUT2D eigenvalue weighted by molar-refractivity contribution is 4.83. The topological polar surface area (TPSA) is 26.7 Å². The van der Waals surface area contributed by atoms with Gasteiger partial charge in [-0.25, -0.2) is 0 Å². The zero-order valence-electron chi connectivity index (χ0n) is 14.6. The van der Waals surface area contributed by atoms with Gasteiger partial charge in [-0.1, -0.05) is 13.8 Å². The molecule has 124 valence electrons. The average molecular weight is 296 g/mol. The maximum atomic E-state index is 10.3. The second-order valence-corrected chi connectivity index (χ2v) is 8.11. The first-order chi connectivity index (χ1) is 9.95. The summed E-state index contributed by atoms with van der Waals surface area (Å²) in [6.07, 6.45) is 6.05. The molecule has 0 bridgehead atoms. The summed E-state index contributed by atoms with van der Waals surface area (Å²) in [6, 6.07) is 0. The molecule has 2 rings (SSSR count). The smallest absolute Gasteiger partial charge is 0.0580 e. The minimum Gasteiger partial charge on any atom is -0.393 e. The maximum Gasteiger partial charge on any atom is 0.0580 e. The summed E-state index contributed by atoms with van der Waals surface area (Å²) in [5, 5.41) is 10.3. The second-order valence-electron chi connectivity index (χ2n) is 8.11. The van der Waals surface area contributed by atoms with Crippen LogP contribution in [0.4, 0.5) is 0 Å². The lowest BCUT2D eigenvalue weighted by atomic mass is 9.74. The van der Waals surface area contributed by atoms with E-state index in [1.54, 1.807) is 0 Å². The quantitative estimate of drug-likeness (QED) is 0.845. The van der Waals surface area contributed by atoms with E-state index in [2.05, 4.69) is 37.7 Å². The Bertz CT molecular complexity index is 300. The van der Waals surface area contributed by atoms with Crippen molar-refractivity contribution in [3.05, 3.63) is 0 Å². The molecule has 3 heteroatoms. The van der Waals surface area contributed by atoms with E-state index < -0.39 is 0 Å². The highest BCUT2D eigenvalue weighted by atomic mass is 16.3. The van der Waals surface area contributed by atoms with E-state index in [0.29, 0.717) is 5.92 Å². The molecule has 0 aromatic carbocycles. The Morgan fingerprint density at radius 2 is 1.76 bits per heavy atom. The Morgan fingerprint density at radius 1 is 1.10 bits per heavy atom. The van der Waals surface area contributed by atoms with Crippen molar-refractivity contribution in [3.8, 4) is 0 Å². The molecule has 0 aromatic heterocycles. The summed E-state index contributed by atoms with van der Waals surface area (Å²) in [5.74, 6) is 2.92. The molecule has 0 spiro atoms. The summed E-state index contributed by atoms with van der Waals surface area (Å²) in [5.41, 5.74) is 0. The lowest BCUT2D eigenvalue weighted by Crippen LogP contribution is -2.41. The summed E-state index contributed by atoms with van der Waals surface area (Å²) >= 11 is 0. The van der Waals surface area contributed by atoms with E-state index in [1.807, 2.05) is 0 Å². The van der Waals surface area contributed by atoms with Crippen LogP contribution in [-0.4, -0.2) is 61.3 Å². The van der Waals surface area contributed by atoms with E-state index in [9.17, 15) is 5.11 Å². The van der Waals surface area contributed by atoms with Gasteiger partial charge in [0.1, 0.15) is 0 Å². The fraction of sp³-hybridized carbons (Fsp3) is 1.00. The molecule has 0 radical (unpaired) electrons. The second kappa shape index (κ2) is 7.94. The molecule has 1 saturated carbocycles. The van der Waals surface area contributed by atoms with Gasteiger partial charge in [0, 0.05) is 13.1 Å². The van der Waals surface area contributed by atoms with Crippen LogP contribution in [0, 0.1) is 23.7 Å². The van der Waals surface area contributed by atoms with Crippen LogP contribution in [-0.2, 0) is 0 Å². The van der Waals surface area contributed by atoms with Crippen molar-refractivity contribution in [1.29, 1.82) is 0 Å². The standard InChI is InChI=1S/C18H36N2O/c1-14(2)16-5-6-18(21)17(11-16)13-20(4)12-15-7-9-19(3)10-8-15/h14-18,21H,5-13H2,1-4H3. The molecule has 1 heterocycles. The minimum atomic E-state index is -0.0695. The largest absolute Gasteiger partial charge is 0.393 e. The maximum absolute atomic E-state index is 10.3. The van der Waals surface area contributed by atoms with Crippen LogP contribution in [0.3, 0.4) is 0 Å². The molecule has 0 aromatic rings. The SMILES string of the molecule is CC(C)C1CCC(O)C(CN(C)CC2CCN(C)CC2)C1. The lowest BCUT2D eigenvalue weighted by molar-refractivity contribution is 0.0190. The van der Waals surface area contributed by atoms with Gasteiger partial charge in [-0.05, 0) is 83.0 Å².